The van der Waals surface area contributed by atoms with E-state index >= 15 is 0 Å². The number of nitrogens with one attached hydrogen (secondary N) is 1. The summed E-state index contributed by atoms with van der Waals surface area (Å²) in [6.07, 6.45) is 4.74. The number of hydrogen-bond acceptors (Lipinski definition) is 3. The minimum absolute atomic E-state index is 0.144. The first-order valence-corrected chi connectivity index (χ1v) is 6.26. The molecule has 5 nitrogen and oxygen atoms in total. The van der Waals surface area contributed by atoms with Gasteiger partial charge >= 0.3 is 6.03 Å². The van der Waals surface area contributed by atoms with Gasteiger partial charge in [0.05, 0.1) is 6.20 Å². The Morgan fingerprint density at radius 3 is 2.79 bits per heavy atom. The van der Waals surface area contributed by atoms with Gasteiger partial charge in [0.1, 0.15) is 0 Å². The highest BCUT2D eigenvalue weighted by Crippen LogP contribution is 2.02. The van der Waals surface area contributed by atoms with Crippen molar-refractivity contribution in [3.05, 3.63) is 53.9 Å². The lowest BCUT2D eigenvalue weighted by molar-refractivity contribution is 0.239. The van der Waals surface area contributed by atoms with E-state index in [9.17, 15) is 4.79 Å². The van der Waals surface area contributed by atoms with E-state index in [0.29, 0.717) is 13.0 Å². The number of hydrogen-bond donors (Lipinski definition) is 2. The molecule has 0 fully saturated rings. The highest BCUT2D eigenvalue weighted by atomic mass is 16.2. The summed E-state index contributed by atoms with van der Waals surface area (Å²) in [5.41, 5.74) is 1.99. The molecule has 2 rings (SSSR count). The molecule has 2 aromatic rings. The van der Waals surface area contributed by atoms with E-state index in [1.54, 1.807) is 12.4 Å². The first-order valence-electron chi connectivity index (χ1n) is 6.26. The molecule has 0 bridgehead atoms. The van der Waals surface area contributed by atoms with Crippen LogP contribution in [0.5, 0.6) is 0 Å². The van der Waals surface area contributed by atoms with Crippen LogP contribution in [0, 0.1) is 0 Å². The van der Waals surface area contributed by atoms with Crippen molar-refractivity contribution >= 4 is 6.03 Å². The second kappa shape index (κ2) is 6.70. The zero-order chi connectivity index (χ0) is 13.5. The van der Waals surface area contributed by atoms with Gasteiger partial charge in [0.15, 0.2) is 0 Å². The molecule has 100 valence electrons. The van der Waals surface area contributed by atoms with Crippen molar-refractivity contribution in [2.24, 2.45) is 0 Å². The maximum Gasteiger partial charge on any atom is 0.342 e. The molecule has 1 aromatic carbocycles. The molecule has 19 heavy (non-hydrogen) atoms. The van der Waals surface area contributed by atoms with Crippen molar-refractivity contribution < 1.29 is 9.90 Å². The number of carbonyl (C=O) groups excluding carboxylic acids is 1. The third-order valence-corrected chi connectivity index (χ3v) is 2.75. The lowest BCUT2D eigenvalue weighted by atomic mass is 10.2. The third-order valence-electron chi connectivity index (χ3n) is 2.75. The molecule has 1 heterocycles. The Morgan fingerprint density at radius 1 is 1.26 bits per heavy atom. The van der Waals surface area contributed by atoms with Crippen LogP contribution in [0.4, 0.5) is 4.79 Å². The number of aryl methyl sites for hydroxylation is 1. The summed E-state index contributed by atoms with van der Waals surface area (Å²) in [6, 6.07) is 9.46. The summed E-state index contributed by atoms with van der Waals surface area (Å²) in [7, 11) is 0. The average Bonchev–Trinajstić information content (AvgIpc) is 2.92. The fourth-order valence-corrected chi connectivity index (χ4v) is 1.74. The number of nitrogens with zero attached hydrogens (tertiary/aromatic N) is 2. The van der Waals surface area contributed by atoms with Crippen LogP contribution in [0.1, 0.15) is 17.5 Å². The Balaban J connectivity index is 1.87. The molecule has 0 radical (unpaired) electrons. The van der Waals surface area contributed by atoms with Crippen LogP contribution in [-0.2, 0) is 13.0 Å². The number of rotatable bonds is 5. The Hall–Kier alpha value is -2.14. The summed E-state index contributed by atoms with van der Waals surface area (Å²) in [6.45, 7) is 0.622. The van der Waals surface area contributed by atoms with Crippen LogP contribution in [-0.4, -0.2) is 27.5 Å². The van der Waals surface area contributed by atoms with Gasteiger partial charge in [-0.05, 0) is 24.0 Å². The standard InChI is InChI=1S/C14H17N3O2/c18-8-4-7-13-10-16-17(11-13)14(19)15-9-12-5-2-1-3-6-12/h1-3,5-6,10-11,18H,4,7-9H2,(H,15,19). The fourth-order valence-electron chi connectivity index (χ4n) is 1.74. The summed E-state index contributed by atoms with van der Waals surface area (Å²) < 4.78 is 1.29. The maximum absolute atomic E-state index is 11.8. The summed E-state index contributed by atoms with van der Waals surface area (Å²) in [5.74, 6) is 0. The number of carbonyl (C=O) groups is 1. The van der Waals surface area contributed by atoms with Crippen LogP contribution >= 0.6 is 0 Å². The molecule has 5 heteroatoms. The quantitative estimate of drug-likeness (QED) is 0.856. The molecule has 0 aliphatic carbocycles. The minimum atomic E-state index is -0.251. The lowest BCUT2D eigenvalue weighted by Crippen LogP contribution is -2.28. The molecule has 0 aliphatic rings. The molecular weight excluding hydrogens is 242 g/mol. The highest BCUT2D eigenvalue weighted by Gasteiger charge is 2.06. The van der Waals surface area contributed by atoms with Gasteiger partial charge in [-0.3, -0.25) is 0 Å². The molecule has 0 atom stereocenters. The van der Waals surface area contributed by atoms with E-state index in [2.05, 4.69) is 10.4 Å². The van der Waals surface area contributed by atoms with E-state index in [1.165, 1.54) is 4.68 Å². The number of aromatic nitrogens is 2. The SMILES string of the molecule is O=C(NCc1ccccc1)n1cc(CCCO)cn1. The first kappa shape index (κ1) is 13.3. The lowest BCUT2D eigenvalue weighted by Gasteiger charge is -2.04. The molecule has 2 N–H and O–H groups in total. The number of amides is 1. The van der Waals surface area contributed by atoms with Crippen LogP contribution < -0.4 is 5.32 Å². The monoisotopic (exact) mass is 259 g/mol. The summed E-state index contributed by atoms with van der Waals surface area (Å²) in [5, 5.41) is 15.5. The van der Waals surface area contributed by atoms with Crippen molar-refractivity contribution in [3.63, 3.8) is 0 Å². The van der Waals surface area contributed by atoms with Gasteiger partial charge < -0.3 is 10.4 Å². The molecule has 0 saturated carbocycles. The van der Waals surface area contributed by atoms with Crippen molar-refractivity contribution in [1.82, 2.24) is 15.1 Å². The van der Waals surface area contributed by atoms with Crippen molar-refractivity contribution in [3.8, 4) is 0 Å². The van der Waals surface area contributed by atoms with Crippen molar-refractivity contribution in [2.45, 2.75) is 19.4 Å². The predicted molar refractivity (Wildman–Crippen MR) is 71.7 cm³/mol. The summed E-state index contributed by atoms with van der Waals surface area (Å²) in [4.78, 5) is 11.8. The van der Waals surface area contributed by atoms with Crippen molar-refractivity contribution in [2.75, 3.05) is 6.61 Å². The second-order valence-electron chi connectivity index (χ2n) is 4.26. The Morgan fingerprint density at radius 2 is 2.05 bits per heavy atom. The van der Waals surface area contributed by atoms with Gasteiger partial charge in [-0.25, -0.2) is 4.79 Å². The maximum atomic E-state index is 11.8. The molecule has 1 aromatic heterocycles. The van der Waals surface area contributed by atoms with Crippen LogP contribution in [0.3, 0.4) is 0 Å². The zero-order valence-electron chi connectivity index (χ0n) is 10.6. The molecule has 0 saturated heterocycles. The zero-order valence-corrected chi connectivity index (χ0v) is 10.6. The topological polar surface area (TPSA) is 67.2 Å². The minimum Gasteiger partial charge on any atom is -0.396 e. The highest BCUT2D eigenvalue weighted by molar-refractivity contribution is 5.75. The van der Waals surface area contributed by atoms with E-state index in [1.807, 2.05) is 30.3 Å². The number of aliphatic hydroxyl groups excluding tert-OH is 1. The van der Waals surface area contributed by atoms with E-state index in [4.69, 9.17) is 5.11 Å². The van der Waals surface area contributed by atoms with Gasteiger partial charge in [0.25, 0.3) is 0 Å². The Bertz CT molecular complexity index is 522. The molecule has 0 unspecified atom stereocenters. The first-order chi connectivity index (χ1) is 9.29. The number of aliphatic hydroxyl groups is 1. The van der Waals surface area contributed by atoms with Gasteiger partial charge in [-0.1, -0.05) is 30.3 Å². The van der Waals surface area contributed by atoms with E-state index in [0.717, 1.165) is 17.5 Å². The van der Waals surface area contributed by atoms with Gasteiger partial charge in [-0.15, -0.1) is 0 Å². The number of benzene rings is 1. The van der Waals surface area contributed by atoms with Crippen LogP contribution in [0.2, 0.25) is 0 Å². The van der Waals surface area contributed by atoms with Gasteiger partial charge in [-0.2, -0.15) is 9.78 Å². The molecule has 1 amide bonds. The third kappa shape index (κ3) is 3.93. The van der Waals surface area contributed by atoms with E-state index in [-0.39, 0.29) is 12.6 Å². The smallest absolute Gasteiger partial charge is 0.342 e. The van der Waals surface area contributed by atoms with Crippen molar-refractivity contribution in [1.29, 1.82) is 0 Å². The van der Waals surface area contributed by atoms with Crippen LogP contribution in [0.25, 0.3) is 0 Å². The predicted octanol–water partition coefficient (Wildman–Crippen LogP) is 1.57. The summed E-state index contributed by atoms with van der Waals surface area (Å²) >= 11 is 0. The normalized spacial score (nSPS) is 10.4. The average molecular weight is 259 g/mol. The Labute approximate surface area is 111 Å². The molecule has 0 aliphatic heterocycles. The fraction of sp³-hybridized carbons (Fsp3) is 0.286. The van der Waals surface area contributed by atoms with Gasteiger partial charge in [0.2, 0.25) is 0 Å². The van der Waals surface area contributed by atoms with E-state index < -0.39 is 0 Å². The molecular formula is C14H17N3O2. The second-order valence-corrected chi connectivity index (χ2v) is 4.26. The largest absolute Gasteiger partial charge is 0.396 e. The van der Waals surface area contributed by atoms with Crippen LogP contribution in [0.15, 0.2) is 42.7 Å². The Kier molecular flexibility index (Phi) is 4.69. The van der Waals surface area contributed by atoms with Gasteiger partial charge in [0, 0.05) is 19.3 Å². The molecule has 0 spiro atoms.